The fourth-order valence-electron chi connectivity index (χ4n) is 3.52. The van der Waals surface area contributed by atoms with Gasteiger partial charge in [0.05, 0.1) is 0 Å². The van der Waals surface area contributed by atoms with Crippen LogP contribution in [0.2, 0.25) is 0 Å². The Hall–Kier alpha value is -2.61. The van der Waals surface area contributed by atoms with Crippen LogP contribution < -0.4 is 10.9 Å². The standard InChI is InChI=1S/C24H24B2O2/c1-23(2,17-9-11-21(27)19(25)13-17)15-5-7-16(8-6-15)24(3,4)18-10-12-22(28)20(26)14-18/h5-14,27-28H,1-4H3. The van der Waals surface area contributed by atoms with Gasteiger partial charge in [0.25, 0.3) is 0 Å². The van der Waals surface area contributed by atoms with Crippen LogP contribution >= 0.6 is 0 Å². The van der Waals surface area contributed by atoms with Crippen molar-refractivity contribution in [1.29, 1.82) is 0 Å². The summed E-state index contributed by atoms with van der Waals surface area (Å²) in [5.74, 6) is 0.203. The van der Waals surface area contributed by atoms with Gasteiger partial charge in [-0.25, -0.2) is 0 Å². The molecular weight excluding hydrogens is 342 g/mol. The molecule has 3 rings (SSSR count). The van der Waals surface area contributed by atoms with Gasteiger partial charge in [-0.2, -0.15) is 0 Å². The van der Waals surface area contributed by atoms with Crippen LogP contribution in [0.15, 0.2) is 60.7 Å². The van der Waals surface area contributed by atoms with Crippen LogP contribution in [0.4, 0.5) is 0 Å². The lowest BCUT2D eigenvalue weighted by Gasteiger charge is -2.30. The van der Waals surface area contributed by atoms with E-state index >= 15 is 0 Å². The molecule has 0 aliphatic rings. The Bertz CT molecular complexity index is 923. The summed E-state index contributed by atoms with van der Waals surface area (Å²) in [5.41, 5.74) is 4.65. The first-order valence-corrected chi connectivity index (χ1v) is 9.32. The molecule has 3 aromatic carbocycles. The Morgan fingerprint density at radius 3 is 1.11 bits per heavy atom. The first-order chi connectivity index (χ1) is 13.0. The average molecular weight is 366 g/mol. The van der Waals surface area contributed by atoms with E-state index in [1.165, 1.54) is 0 Å². The molecular formula is C24H24B2O2. The van der Waals surface area contributed by atoms with E-state index in [1.54, 1.807) is 12.1 Å². The molecule has 3 aromatic rings. The molecule has 0 bridgehead atoms. The zero-order valence-electron chi connectivity index (χ0n) is 16.8. The lowest BCUT2D eigenvalue weighted by atomic mass is 9.73. The molecule has 0 heterocycles. The van der Waals surface area contributed by atoms with Gasteiger partial charge in [-0.3, -0.25) is 0 Å². The van der Waals surface area contributed by atoms with Crippen molar-refractivity contribution in [2.24, 2.45) is 0 Å². The number of rotatable bonds is 4. The van der Waals surface area contributed by atoms with Gasteiger partial charge in [-0.1, -0.05) is 87.2 Å². The van der Waals surface area contributed by atoms with E-state index in [9.17, 15) is 10.2 Å². The predicted molar refractivity (Wildman–Crippen MR) is 118 cm³/mol. The van der Waals surface area contributed by atoms with Crippen LogP contribution in [0.5, 0.6) is 11.5 Å². The molecule has 0 spiro atoms. The highest BCUT2D eigenvalue weighted by molar-refractivity contribution is 6.34. The highest BCUT2D eigenvalue weighted by Crippen LogP contribution is 2.35. The highest BCUT2D eigenvalue weighted by Gasteiger charge is 2.27. The third-order valence-corrected chi connectivity index (χ3v) is 5.83. The van der Waals surface area contributed by atoms with Gasteiger partial charge < -0.3 is 10.2 Å². The largest absolute Gasteiger partial charge is 0.509 e. The number of hydrogen-bond acceptors (Lipinski definition) is 2. The van der Waals surface area contributed by atoms with Gasteiger partial charge in [0.2, 0.25) is 0 Å². The van der Waals surface area contributed by atoms with Gasteiger partial charge in [-0.15, -0.1) is 0 Å². The fraction of sp³-hybridized carbons (Fsp3) is 0.250. The molecule has 0 amide bonds. The van der Waals surface area contributed by atoms with Gasteiger partial charge in [-0.05, 0) is 34.4 Å². The summed E-state index contributed by atoms with van der Waals surface area (Å²) in [5, 5.41) is 19.4. The first-order valence-electron chi connectivity index (χ1n) is 9.32. The monoisotopic (exact) mass is 366 g/mol. The minimum absolute atomic E-state index is 0.102. The molecule has 0 atom stereocenters. The van der Waals surface area contributed by atoms with Crippen molar-refractivity contribution < 1.29 is 10.2 Å². The molecule has 2 nitrogen and oxygen atoms in total. The van der Waals surface area contributed by atoms with Gasteiger partial charge >= 0.3 is 0 Å². The Balaban J connectivity index is 1.95. The summed E-state index contributed by atoms with van der Waals surface area (Å²) < 4.78 is 0. The molecule has 0 aliphatic carbocycles. The summed E-state index contributed by atoms with van der Waals surface area (Å²) in [6.07, 6.45) is 0. The maximum Gasteiger partial charge on any atom is 0.119 e. The molecule has 0 fully saturated rings. The van der Waals surface area contributed by atoms with Gasteiger partial charge in [0, 0.05) is 10.8 Å². The van der Waals surface area contributed by atoms with E-state index in [0.29, 0.717) is 10.9 Å². The van der Waals surface area contributed by atoms with Gasteiger partial charge in [0.1, 0.15) is 27.2 Å². The van der Waals surface area contributed by atoms with Crippen molar-refractivity contribution in [3.05, 3.63) is 82.9 Å². The third-order valence-electron chi connectivity index (χ3n) is 5.83. The molecule has 0 saturated carbocycles. The Morgan fingerprint density at radius 2 is 0.821 bits per heavy atom. The van der Waals surface area contributed by atoms with Gasteiger partial charge in [0.15, 0.2) is 0 Å². The molecule has 4 radical (unpaired) electrons. The summed E-state index contributed by atoms with van der Waals surface area (Å²) in [6, 6.07) is 19.3. The number of phenolic OH excluding ortho intramolecular Hbond substituents is 2. The summed E-state index contributed by atoms with van der Waals surface area (Å²) in [6.45, 7) is 8.55. The van der Waals surface area contributed by atoms with Crippen molar-refractivity contribution in [1.82, 2.24) is 0 Å². The Labute approximate surface area is 170 Å². The van der Waals surface area contributed by atoms with E-state index in [4.69, 9.17) is 15.7 Å². The van der Waals surface area contributed by atoms with Crippen molar-refractivity contribution in [3.8, 4) is 11.5 Å². The van der Waals surface area contributed by atoms with Crippen LogP contribution in [0.1, 0.15) is 49.9 Å². The molecule has 0 aliphatic heterocycles. The summed E-state index contributed by atoms with van der Waals surface area (Å²) in [7, 11) is 11.8. The van der Waals surface area contributed by atoms with Crippen molar-refractivity contribution in [3.63, 3.8) is 0 Å². The Morgan fingerprint density at radius 1 is 0.536 bits per heavy atom. The number of aromatic hydroxyl groups is 2. The SMILES string of the molecule is [B]c1cc(C(C)(C)c2ccc(C(C)(C)c3ccc(O)c([B])c3)cc2)ccc1O. The van der Waals surface area contributed by atoms with Crippen LogP contribution in [-0.4, -0.2) is 25.9 Å². The fourth-order valence-corrected chi connectivity index (χ4v) is 3.52. The second-order valence-corrected chi connectivity index (χ2v) is 8.37. The number of hydrogen-bond donors (Lipinski definition) is 2. The van der Waals surface area contributed by atoms with Crippen molar-refractivity contribution in [2.75, 3.05) is 0 Å². The highest BCUT2D eigenvalue weighted by atomic mass is 16.3. The lowest BCUT2D eigenvalue weighted by molar-refractivity contribution is 0.478. The van der Waals surface area contributed by atoms with E-state index in [-0.39, 0.29) is 22.3 Å². The normalized spacial score (nSPS) is 12.1. The number of phenols is 2. The lowest BCUT2D eigenvalue weighted by Crippen LogP contribution is -2.23. The molecule has 0 aromatic heterocycles. The zero-order chi connectivity index (χ0) is 20.7. The average Bonchev–Trinajstić information content (AvgIpc) is 2.66. The van der Waals surface area contributed by atoms with Crippen molar-refractivity contribution in [2.45, 2.75) is 38.5 Å². The second kappa shape index (κ2) is 7.09. The molecule has 4 heteroatoms. The van der Waals surface area contributed by atoms with E-state index in [2.05, 4.69) is 52.0 Å². The van der Waals surface area contributed by atoms with E-state index < -0.39 is 0 Å². The molecule has 2 N–H and O–H groups in total. The van der Waals surface area contributed by atoms with E-state index in [1.807, 2.05) is 24.3 Å². The molecule has 0 unspecified atom stereocenters. The minimum Gasteiger partial charge on any atom is -0.509 e. The quantitative estimate of drug-likeness (QED) is 0.696. The maximum atomic E-state index is 9.70. The van der Waals surface area contributed by atoms with Crippen LogP contribution in [-0.2, 0) is 10.8 Å². The predicted octanol–water partition coefficient (Wildman–Crippen LogP) is 3.34. The van der Waals surface area contributed by atoms with E-state index in [0.717, 1.165) is 22.3 Å². The summed E-state index contributed by atoms with van der Waals surface area (Å²) >= 11 is 0. The molecule has 0 saturated heterocycles. The second-order valence-electron chi connectivity index (χ2n) is 8.37. The van der Waals surface area contributed by atoms with Crippen LogP contribution in [0.3, 0.4) is 0 Å². The van der Waals surface area contributed by atoms with Crippen LogP contribution in [0, 0.1) is 0 Å². The summed E-state index contributed by atoms with van der Waals surface area (Å²) in [4.78, 5) is 0. The topological polar surface area (TPSA) is 40.5 Å². The molecule has 28 heavy (non-hydrogen) atoms. The molecule has 138 valence electrons. The number of benzene rings is 3. The Kier molecular flexibility index (Phi) is 5.10. The first kappa shape index (κ1) is 20.1. The van der Waals surface area contributed by atoms with Crippen LogP contribution in [0.25, 0.3) is 0 Å². The zero-order valence-corrected chi connectivity index (χ0v) is 16.8. The third kappa shape index (κ3) is 3.56. The maximum absolute atomic E-state index is 9.70. The smallest absolute Gasteiger partial charge is 0.119 e. The van der Waals surface area contributed by atoms with Crippen molar-refractivity contribution >= 4 is 26.6 Å². The minimum atomic E-state index is -0.256.